The van der Waals surface area contributed by atoms with Crippen molar-refractivity contribution < 1.29 is 9.59 Å². The van der Waals surface area contributed by atoms with Crippen LogP contribution in [0.2, 0.25) is 0 Å². The quantitative estimate of drug-likeness (QED) is 0.587. The summed E-state index contributed by atoms with van der Waals surface area (Å²) in [6, 6.07) is 14.7. The van der Waals surface area contributed by atoms with Crippen molar-refractivity contribution >= 4 is 45.1 Å². The van der Waals surface area contributed by atoms with Crippen molar-refractivity contribution in [3.63, 3.8) is 0 Å². The zero-order valence-electron chi connectivity index (χ0n) is 16.2. The fourth-order valence-electron chi connectivity index (χ4n) is 2.47. The van der Waals surface area contributed by atoms with Crippen LogP contribution in [0, 0.1) is 0 Å². The van der Waals surface area contributed by atoms with E-state index < -0.39 is 0 Å². The number of para-hydroxylation sites is 1. The van der Waals surface area contributed by atoms with Gasteiger partial charge in [0, 0.05) is 22.9 Å². The number of aromatic nitrogens is 1. The molecule has 0 bridgehead atoms. The monoisotopic (exact) mass is 393 g/mol. The summed E-state index contributed by atoms with van der Waals surface area (Å²) in [5, 5.41) is 6.56. The first-order chi connectivity index (χ1) is 13.4. The second-order valence-electron chi connectivity index (χ2n) is 7.11. The van der Waals surface area contributed by atoms with Crippen LogP contribution >= 0.6 is 11.3 Å². The number of carbonyl (C=O) groups is 2. The molecule has 0 unspecified atom stereocenters. The van der Waals surface area contributed by atoms with Crippen LogP contribution < -0.4 is 10.6 Å². The first kappa shape index (κ1) is 19.8. The zero-order chi connectivity index (χ0) is 20.1. The van der Waals surface area contributed by atoms with Gasteiger partial charge >= 0.3 is 0 Å². The first-order valence-electron chi connectivity index (χ1n) is 9.13. The van der Waals surface area contributed by atoms with Gasteiger partial charge in [0.1, 0.15) is 5.01 Å². The Bertz CT molecular complexity index is 987. The van der Waals surface area contributed by atoms with Crippen molar-refractivity contribution in [2.75, 3.05) is 5.32 Å². The summed E-state index contributed by atoms with van der Waals surface area (Å²) in [6.45, 7) is 6.00. The number of anilines is 1. The smallest absolute Gasteiger partial charge is 0.251 e. The number of nitrogens with zero attached hydrogens (tertiary/aromatic N) is 1. The third-order valence-electron chi connectivity index (χ3n) is 4.44. The molecule has 3 aromatic rings. The molecule has 0 aliphatic carbocycles. The zero-order valence-corrected chi connectivity index (χ0v) is 17.0. The van der Waals surface area contributed by atoms with Gasteiger partial charge in [0.05, 0.1) is 10.2 Å². The third-order valence-corrected chi connectivity index (χ3v) is 5.44. The molecule has 28 heavy (non-hydrogen) atoms. The van der Waals surface area contributed by atoms with E-state index in [1.165, 1.54) is 17.4 Å². The summed E-state index contributed by atoms with van der Waals surface area (Å²) in [5.41, 5.74) is 1.86. The Hall–Kier alpha value is -2.99. The van der Waals surface area contributed by atoms with Gasteiger partial charge in [0.15, 0.2) is 0 Å². The normalized spacial score (nSPS) is 11.7. The van der Waals surface area contributed by atoms with E-state index in [1.54, 1.807) is 30.3 Å². The number of amides is 2. The molecule has 2 amide bonds. The van der Waals surface area contributed by atoms with E-state index in [0.717, 1.165) is 21.6 Å². The Morgan fingerprint density at radius 3 is 2.50 bits per heavy atom. The van der Waals surface area contributed by atoms with E-state index in [9.17, 15) is 9.59 Å². The molecule has 0 spiro atoms. The Labute approximate surface area is 168 Å². The van der Waals surface area contributed by atoms with Crippen molar-refractivity contribution in [3.8, 4) is 0 Å². The van der Waals surface area contributed by atoms with Gasteiger partial charge in [-0.2, -0.15) is 0 Å². The van der Waals surface area contributed by atoms with Crippen LogP contribution in [-0.4, -0.2) is 22.3 Å². The van der Waals surface area contributed by atoms with E-state index in [-0.39, 0.29) is 17.4 Å². The van der Waals surface area contributed by atoms with E-state index in [1.807, 2.05) is 45.0 Å². The highest BCUT2D eigenvalue weighted by molar-refractivity contribution is 7.19. The van der Waals surface area contributed by atoms with Crippen LogP contribution in [-0.2, 0) is 4.79 Å². The van der Waals surface area contributed by atoms with Crippen LogP contribution in [0.25, 0.3) is 16.3 Å². The lowest BCUT2D eigenvalue weighted by Crippen LogP contribution is -2.42. The van der Waals surface area contributed by atoms with Crippen molar-refractivity contribution in [1.82, 2.24) is 10.3 Å². The van der Waals surface area contributed by atoms with Gasteiger partial charge in [-0.15, -0.1) is 11.3 Å². The summed E-state index contributed by atoms with van der Waals surface area (Å²) in [5.74, 6) is -0.371. The number of benzene rings is 2. The molecule has 0 fully saturated rings. The van der Waals surface area contributed by atoms with Crippen molar-refractivity contribution in [1.29, 1.82) is 0 Å². The van der Waals surface area contributed by atoms with Gasteiger partial charge in [0.25, 0.3) is 5.91 Å². The number of thiazole rings is 1. The molecule has 0 atom stereocenters. The Kier molecular flexibility index (Phi) is 5.90. The maximum Gasteiger partial charge on any atom is 0.251 e. The van der Waals surface area contributed by atoms with Gasteiger partial charge in [0.2, 0.25) is 5.91 Å². The maximum absolute atomic E-state index is 12.3. The van der Waals surface area contributed by atoms with Gasteiger partial charge in [-0.25, -0.2) is 4.98 Å². The fraction of sp³-hybridized carbons (Fsp3) is 0.227. The predicted molar refractivity (Wildman–Crippen MR) is 116 cm³/mol. The number of hydrogen-bond donors (Lipinski definition) is 2. The Morgan fingerprint density at radius 2 is 1.82 bits per heavy atom. The SMILES string of the molecule is CCC(C)(C)NC(=O)c1ccc(NC(=O)/C=C/c2nc3ccccc3s2)cc1. The van der Waals surface area contributed by atoms with Gasteiger partial charge < -0.3 is 10.6 Å². The molecule has 0 saturated heterocycles. The minimum absolute atomic E-state index is 0.125. The molecule has 0 aliphatic heterocycles. The van der Waals surface area contributed by atoms with E-state index >= 15 is 0 Å². The highest BCUT2D eigenvalue weighted by Gasteiger charge is 2.18. The molecule has 0 aliphatic rings. The van der Waals surface area contributed by atoms with Gasteiger partial charge in [-0.3, -0.25) is 9.59 Å². The predicted octanol–water partition coefficient (Wildman–Crippen LogP) is 4.87. The summed E-state index contributed by atoms with van der Waals surface area (Å²) in [4.78, 5) is 28.9. The number of nitrogens with one attached hydrogen (secondary N) is 2. The number of carbonyl (C=O) groups excluding carboxylic acids is 2. The van der Waals surface area contributed by atoms with Crippen LogP contribution in [0.15, 0.2) is 54.6 Å². The second kappa shape index (κ2) is 8.35. The first-order valence-corrected chi connectivity index (χ1v) is 9.95. The van der Waals surface area contributed by atoms with Crippen LogP contribution in [0.1, 0.15) is 42.6 Å². The van der Waals surface area contributed by atoms with Crippen LogP contribution in [0.3, 0.4) is 0 Å². The molecule has 0 radical (unpaired) electrons. The van der Waals surface area contributed by atoms with Gasteiger partial charge in [-0.05, 0) is 62.7 Å². The molecular weight excluding hydrogens is 370 g/mol. The molecule has 5 nitrogen and oxygen atoms in total. The summed E-state index contributed by atoms with van der Waals surface area (Å²) >= 11 is 1.53. The standard InChI is InChI=1S/C22H23N3O2S/c1-4-22(2,3)25-21(27)15-9-11-16(12-10-15)23-19(26)13-14-20-24-17-7-5-6-8-18(17)28-20/h5-14H,4H2,1-3H3,(H,23,26)(H,25,27)/b14-13+. The molecule has 3 rings (SSSR count). The molecular formula is C22H23N3O2S. The second-order valence-corrected chi connectivity index (χ2v) is 8.17. The molecule has 1 aromatic heterocycles. The molecule has 2 aromatic carbocycles. The fourth-order valence-corrected chi connectivity index (χ4v) is 3.34. The van der Waals surface area contributed by atoms with Crippen molar-refractivity contribution in [2.24, 2.45) is 0 Å². The third kappa shape index (κ3) is 5.04. The lowest BCUT2D eigenvalue weighted by atomic mass is 10.0. The minimum Gasteiger partial charge on any atom is -0.347 e. The Balaban J connectivity index is 1.60. The van der Waals surface area contributed by atoms with E-state index in [0.29, 0.717) is 11.3 Å². The maximum atomic E-state index is 12.3. The molecule has 0 saturated carbocycles. The van der Waals surface area contributed by atoms with E-state index in [2.05, 4.69) is 15.6 Å². The minimum atomic E-state index is -0.255. The summed E-state index contributed by atoms with van der Waals surface area (Å²) in [6.07, 6.45) is 4.00. The molecule has 144 valence electrons. The van der Waals surface area contributed by atoms with Crippen LogP contribution in [0.4, 0.5) is 5.69 Å². The molecule has 2 N–H and O–H groups in total. The van der Waals surface area contributed by atoms with Crippen LogP contribution in [0.5, 0.6) is 0 Å². The van der Waals surface area contributed by atoms with Crippen molar-refractivity contribution in [3.05, 3.63) is 65.2 Å². The summed E-state index contributed by atoms with van der Waals surface area (Å²) < 4.78 is 1.09. The highest BCUT2D eigenvalue weighted by Crippen LogP contribution is 2.22. The van der Waals surface area contributed by atoms with Gasteiger partial charge in [-0.1, -0.05) is 19.1 Å². The number of rotatable bonds is 6. The average Bonchev–Trinajstić information content (AvgIpc) is 3.09. The number of fused-ring (bicyclic) bond motifs is 1. The average molecular weight is 394 g/mol. The largest absolute Gasteiger partial charge is 0.347 e. The topological polar surface area (TPSA) is 71.1 Å². The number of hydrogen-bond acceptors (Lipinski definition) is 4. The van der Waals surface area contributed by atoms with E-state index in [4.69, 9.17) is 0 Å². The highest BCUT2D eigenvalue weighted by atomic mass is 32.1. The lowest BCUT2D eigenvalue weighted by Gasteiger charge is -2.24. The lowest BCUT2D eigenvalue weighted by molar-refractivity contribution is -0.111. The molecule has 6 heteroatoms. The molecule has 1 heterocycles. The summed E-state index contributed by atoms with van der Waals surface area (Å²) in [7, 11) is 0. The van der Waals surface area contributed by atoms with Crippen molar-refractivity contribution in [2.45, 2.75) is 32.7 Å². The Morgan fingerprint density at radius 1 is 1.11 bits per heavy atom.